The summed E-state index contributed by atoms with van der Waals surface area (Å²) in [5, 5.41) is 16.6. The van der Waals surface area contributed by atoms with Crippen LogP contribution in [0, 0.1) is 11.3 Å². The number of rotatable bonds is 6. The molecule has 0 radical (unpaired) electrons. The van der Waals surface area contributed by atoms with E-state index < -0.39 is 29.7 Å². The minimum Gasteiger partial charge on any atom is -0.444 e. The van der Waals surface area contributed by atoms with Gasteiger partial charge in [-0.15, -0.1) is 11.3 Å². The van der Waals surface area contributed by atoms with Crippen LogP contribution in [0.3, 0.4) is 0 Å². The Morgan fingerprint density at radius 3 is 2.95 bits per heavy atom. The highest BCUT2D eigenvalue weighted by Gasteiger charge is 2.32. The van der Waals surface area contributed by atoms with Crippen molar-refractivity contribution in [3.05, 3.63) is 29.0 Å². The second kappa shape index (κ2) is 12.7. The van der Waals surface area contributed by atoms with E-state index in [1.54, 1.807) is 34.1 Å². The number of carbonyl (C=O) groups excluding carboxylic acids is 2. The van der Waals surface area contributed by atoms with E-state index in [0.717, 1.165) is 41.3 Å². The lowest BCUT2D eigenvalue weighted by molar-refractivity contribution is -0.139. The number of anilines is 1. The molecule has 2 aliphatic rings. The van der Waals surface area contributed by atoms with Gasteiger partial charge < -0.3 is 29.7 Å². The van der Waals surface area contributed by atoms with Crippen molar-refractivity contribution in [2.24, 2.45) is 0 Å². The summed E-state index contributed by atoms with van der Waals surface area (Å²) in [6, 6.07) is 5.33. The summed E-state index contributed by atoms with van der Waals surface area (Å²) in [4.78, 5) is 37.6. The third kappa shape index (κ3) is 7.88. The number of aryl methyl sites for hydroxylation is 1. The molecule has 0 aromatic carbocycles. The van der Waals surface area contributed by atoms with Gasteiger partial charge in [-0.3, -0.25) is 4.79 Å². The molecule has 0 bridgehead atoms. The maximum Gasteiger partial charge on any atom is 0.410 e. The molecule has 12 heteroatoms. The highest BCUT2D eigenvalue weighted by molar-refractivity contribution is 7.15. The number of hydrogen-bond acceptors (Lipinski definition) is 10. The molecule has 2 aromatic rings. The van der Waals surface area contributed by atoms with Gasteiger partial charge >= 0.3 is 6.09 Å². The average Bonchev–Trinajstić information content (AvgIpc) is 3.35. The Kier molecular flexibility index (Phi) is 9.37. The van der Waals surface area contributed by atoms with E-state index in [-0.39, 0.29) is 25.7 Å². The molecule has 0 unspecified atom stereocenters. The molecule has 4 rings (SSSR count). The fourth-order valence-electron chi connectivity index (χ4n) is 4.35. The Morgan fingerprint density at radius 2 is 2.21 bits per heavy atom. The Balaban J connectivity index is 1.40. The largest absolute Gasteiger partial charge is 0.444 e. The van der Waals surface area contributed by atoms with E-state index >= 15 is 0 Å². The molecular formula is C27H36N6O5S. The summed E-state index contributed by atoms with van der Waals surface area (Å²) >= 11 is 1.45. The Labute approximate surface area is 232 Å². The van der Waals surface area contributed by atoms with Gasteiger partial charge in [0.05, 0.1) is 52.3 Å². The van der Waals surface area contributed by atoms with Crippen LogP contribution in [0.4, 0.5) is 10.5 Å². The molecule has 39 heavy (non-hydrogen) atoms. The van der Waals surface area contributed by atoms with E-state index in [0.29, 0.717) is 18.0 Å². The standard InChI is InChI=1S/C27H36N6O5S/c1-27(2,3)38-26(35)33-11-9-18(36-4)16-37-22(15-33)25(34)31-17(13-28)12-24-30-14-23(39-24)21-8-7-19-20(32-21)6-5-10-29-19/h7-8,14,17-18,22,29H,5-6,9-12,15-16H2,1-4H3,(H,31,34)/t17-,18+,22-/m0/s1. The summed E-state index contributed by atoms with van der Waals surface area (Å²) < 4.78 is 16.8. The maximum absolute atomic E-state index is 13.2. The molecule has 210 valence electrons. The number of methoxy groups -OCH3 is 1. The van der Waals surface area contributed by atoms with E-state index in [9.17, 15) is 14.9 Å². The number of aromatic nitrogens is 2. The third-order valence-corrected chi connectivity index (χ3v) is 7.45. The van der Waals surface area contributed by atoms with Gasteiger partial charge in [-0.2, -0.15) is 5.26 Å². The molecular weight excluding hydrogens is 520 g/mol. The van der Waals surface area contributed by atoms with Crippen molar-refractivity contribution in [1.82, 2.24) is 20.2 Å². The number of thiazole rings is 1. The number of nitriles is 1. The number of ether oxygens (including phenoxy) is 3. The van der Waals surface area contributed by atoms with Gasteiger partial charge in [0.25, 0.3) is 5.91 Å². The van der Waals surface area contributed by atoms with Crippen molar-refractivity contribution in [2.75, 3.05) is 38.7 Å². The van der Waals surface area contributed by atoms with Crippen molar-refractivity contribution in [3.8, 4) is 16.6 Å². The topological polar surface area (TPSA) is 139 Å². The van der Waals surface area contributed by atoms with Crippen molar-refractivity contribution < 1.29 is 23.8 Å². The van der Waals surface area contributed by atoms with Crippen molar-refractivity contribution >= 4 is 29.0 Å². The molecule has 2 aliphatic heterocycles. The van der Waals surface area contributed by atoms with Crippen LogP contribution < -0.4 is 10.6 Å². The summed E-state index contributed by atoms with van der Waals surface area (Å²) in [7, 11) is 1.56. The van der Waals surface area contributed by atoms with Crippen LogP contribution >= 0.6 is 11.3 Å². The summed E-state index contributed by atoms with van der Waals surface area (Å²) in [6.45, 7) is 6.88. The second-order valence-electron chi connectivity index (χ2n) is 10.6. The highest BCUT2D eigenvalue weighted by Crippen LogP contribution is 2.29. The molecule has 0 aliphatic carbocycles. The first-order valence-electron chi connectivity index (χ1n) is 13.2. The smallest absolute Gasteiger partial charge is 0.410 e. The zero-order valence-corrected chi connectivity index (χ0v) is 23.7. The van der Waals surface area contributed by atoms with Crippen LogP contribution in [0.2, 0.25) is 0 Å². The van der Waals surface area contributed by atoms with Crippen LogP contribution in [-0.2, 0) is 31.8 Å². The minimum absolute atomic E-state index is 0.00951. The fraction of sp³-hybridized carbons (Fsp3) is 0.593. The van der Waals surface area contributed by atoms with Crippen molar-refractivity contribution in [2.45, 2.75) is 70.3 Å². The Bertz CT molecular complexity index is 1210. The second-order valence-corrected chi connectivity index (χ2v) is 11.7. The van der Waals surface area contributed by atoms with Crippen LogP contribution in [0.25, 0.3) is 10.6 Å². The fourth-order valence-corrected chi connectivity index (χ4v) is 5.28. The Hall–Kier alpha value is -3.27. The Morgan fingerprint density at radius 1 is 1.38 bits per heavy atom. The lowest BCUT2D eigenvalue weighted by Crippen LogP contribution is -2.52. The molecule has 4 heterocycles. The molecule has 0 saturated carbocycles. The van der Waals surface area contributed by atoms with Crippen LogP contribution in [0.5, 0.6) is 0 Å². The van der Waals surface area contributed by atoms with Crippen LogP contribution in [0.1, 0.15) is 44.3 Å². The van der Waals surface area contributed by atoms with E-state index in [1.165, 1.54) is 16.2 Å². The first-order chi connectivity index (χ1) is 18.6. The lowest BCUT2D eigenvalue weighted by atomic mass is 10.1. The molecule has 1 saturated heterocycles. The van der Waals surface area contributed by atoms with Gasteiger partial charge in [0.1, 0.15) is 11.6 Å². The van der Waals surface area contributed by atoms with Crippen molar-refractivity contribution in [3.63, 3.8) is 0 Å². The summed E-state index contributed by atoms with van der Waals surface area (Å²) in [5.74, 6) is -0.479. The lowest BCUT2D eigenvalue weighted by Gasteiger charge is -2.33. The van der Waals surface area contributed by atoms with Gasteiger partial charge in [0.15, 0.2) is 6.10 Å². The normalized spacial score (nSPS) is 20.4. The van der Waals surface area contributed by atoms with E-state index in [4.69, 9.17) is 19.2 Å². The quantitative estimate of drug-likeness (QED) is 0.549. The molecule has 3 atom stereocenters. The molecule has 0 spiro atoms. The number of nitrogens with one attached hydrogen (secondary N) is 2. The number of pyridine rings is 1. The number of carbonyl (C=O) groups is 2. The molecule has 11 nitrogen and oxygen atoms in total. The number of amides is 2. The number of nitrogens with zero attached hydrogens (tertiary/aromatic N) is 4. The minimum atomic E-state index is -0.980. The predicted octanol–water partition coefficient (Wildman–Crippen LogP) is 3.16. The summed E-state index contributed by atoms with van der Waals surface area (Å²) in [5.41, 5.74) is 2.28. The number of hydrogen-bond donors (Lipinski definition) is 2. The maximum atomic E-state index is 13.2. The van der Waals surface area contributed by atoms with Crippen LogP contribution in [0.15, 0.2) is 18.3 Å². The average molecular weight is 557 g/mol. The van der Waals surface area contributed by atoms with Gasteiger partial charge in [-0.25, -0.2) is 14.8 Å². The van der Waals surface area contributed by atoms with E-state index in [1.807, 2.05) is 12.1 Å². The third-order valence-electron chi connectivity index (χ3n) is 6.41. The van der Waals surface area contributed by atoms with Gasteiger partial charge in [0, 0.05) is 32.8 Å². The van der Waals surface area contributed by atoms with Gasteiger partial charge in [0.2, 0.25) is 0 Å². The van der Waals surface area contributed by atoms with E-state index in [2.05, 4.69) is 21.7 Å². The molecule has 2 aromatic heterocycles. The highest BCUT2D eigenvalue weighted by atomic mass is 32.1. The van der Waals surface area contributed by atoms with Gasteiger partial charge in [-0.1, -0.05) is 0 Å². The zero-order chi connectivity index (χ0) is 28.0. The molecule has 2 amide bonds. The monoisotopic (exact) mass is 556 g/mol. The zero-order valence-electron chi connectivity index (χ0n) is 22.9. The first-order valence-corrected chi connectivity index (χ1v) is 14.0. The van der Waals surface area contributed by atoms with Crippen molar-refractivity contribution in [1.29, 1.82) is 5.26 Å². The summed E-state index contributed by atoms with van der Waals surface area (Å²) in [6.07, 6.45) is 2.74. The molecule has 2 N–H and O–H groups in total. The SMILES string of the molecule is CO[C@@H]1CCN(C(=O)OC(C)(C)C)C[C@@H](C(=O)N[C@H](C#N)Cc2ncc(-c3ccc4c(n3)CCCN4)s2)OC1. The van der Waals surface area contributed by atoms with Gasteiger partial charge in [-0.05, 0) is 52.2 Å². The molecule has 1 fully saturated rings. The first kappa shape index (κ1) is 28.7. The number of fused-ring (bicyclic) bond motifs is 1. The van der Waals surface area contributed by atoms with Crippen LogP contribution in [-0.4, -0.2) is 84.1 Å². The predicted molar refractivity (Wildman–Crippen MR) is 146 cm³/mol.